The van der Waals surface area contributed by atoms with Gasteiger partial charge in [-0.15, -0.1) is 0 Å². The third kappa shape index (κ3) is 2.87. The van der Waals surface area contributed by atoms with Crippen LogP contribution in [-0.4, -0.2) is 26.6 Å². The van der Waals surface area contributed by atoms with Crippen molar-refractivity contribution >= 4 is 22.5 Å². The van der Waals surface area contributed by atoms with Crippen LogP contribution in [0.15, 0.2) is 48.7 Å². The van der Waals surface area contributed by atoms with Gasteiger partial charge in [0.25, 0.3) is 0 Å². The minimum Gasteiger partial charge on any atom is -0.508 e. The summed E-state index contributed by atoms with van der Waals surface area (Å²) < 4.78 is 42.2. The van der Waals surface area contributed by atoms with E-state index in [4.69, 9.17) is 11.6 Å². The first-order valence-electron chi connectivity index (χ1n) is 7.64. The summed E-state index contributed by atoms with van der Waals surface area (Å²) in [5.74, 6) is -1.65. The molecule has 8 heteroatoms. The van der Waals surface area contributed by atoms with Crippen molar-refractivity contribution in [3.63, 3.8) is 0 Å². The van der Waals surface area contributed by atoms with Gasteiger partial charge >= 0.3 is 6.18 Å². The predicted molar refractivity (Wildman–Crippen MR) is 91.0 cm³/mol. The second-order valence-corrected chi connectivity index (χ2v) is 6.37. The van der Waals surface area contributed by atoms with Gasteiger partial charge in [-0.1, -0.05) is 42.8 Å². The van der Waals surface area contributed by atoms with Crippen molar-refractivity contribution < 1.29 is 23.4 Å². The maximum Gasteiger partial charge on any atom is 0.422 e. The Bertz CT molecular complexity index is 959. The molecule has 3 rings (SSSR count). The van der Waals surface area contributed by atoms with Crippen LogP contribution in [0.5, 0.6) is 5.75 Å². The van der Waals surface area contributed by atoms with Gasteiger partial charge in [0, 0.05) is 21.9 Å². The first kappa shape index (κ1) is 18.4. The Morgan fingerprint density at radius 1 is 1.12 bits per heavy atom. The highest BCUT2D eigenvalue weighted by Crippen LogP contribution is 2.51. The van der Waals surface area contributed by atoms with Crippen molar-refractivity contribution in [3.05, 3.63) is 64.8 Å². The highest BCUT2D eigenvalue weighted by atomic mass is 35.5. The Kier molecular flexibility index (Phi) is 4.54. The number of fused-ring (bicyclic) bond motifs is 1. The fourth-order valence-electron chi connectivity index (χ4n) is 3.03. The lowest BCUT2D eigenvalue weighted by atomic mass is 9.77. The number of hydrogen-bond donors (Lipinski definition) is 2. The number of aliphatic hydroxyl groups is 1. The zero-order valence-electron chi connectivity index (χ0n) is 13.5. The van der Waals surface area contributed by atoms with Crippen molar-refractivity contribution in [2.75, 3.05) is 0 Å². The van der Waals surface area contributed by atoms with Crippen LogP contribution in [0.2, 0.25) is 5.02 Å². The lowest BCUT2D eigenvalue weighted by Crippen LogP contribution is -2.47. The van der Waals surface area contributed by atoms with Gasteiger partial charge in [0.1, 0.15) is 5.75 Å². The van der Waals surface area contributed by atoms with Crippen LogP contribution in [0.25, 0.3) is 10.9 Å². The molecule has 0 saturated carbocycles. The molecule has 0 spiro atoms. The van der Waals surface area contributed by atoms with E-state index in [9.17, 15) is 23.4 Å². The number of benzene rings is 2. The van der Waals surface area contributed by atoms with E-state index < -0.39 is 23.3 Å². The minimum absolute atomic E-state index is 0.0465. The fourth-order valence-corrected chi connectivity index (χ4v) is 3.37. The standard InChI is InChI=1S/C18H14ClF3N2O2/c1-10(12-7-6-11(25)8-15(12)19)17(26,18(20,21)22)14-9-23-24-16-5-3-2-4-13(14)16/h2-10,25-26H,1H3. The molecule has 0 aliphatic carbocycles. The topological polar surface area (TPSA) is 66.2 Å². The lowest BCUT2D eigenvalue weighted by Gasteiger charge is -2.37. The fraction of sp³-hybridized carbons (Fsp3) is 0.222. The van der Waals surface area contributed by atoms with E-state index in [2.05, 4.69) is 10.2 Å². The molecule has 3 aromatic rings. The minimum atomic E-state index is -5.01. The van der Waals surface area contributed by atoms with E-state index in [-0.39, 0.29) is 27.2 Å². The van der Waals surface area contributed by atoms with Gasteiger partial charge in [0.2, 0.25) is 0 Å². The summed E-state index contributed by atoms with van der Waals surface area (Å²) in [7, 11) is 0. The Morgan fingerprint density at radius 3 is 2.46 bits per heavy atom. The first-order chi connectivity index (χ1) is 12.2. The van der Waals surface area contributed by atoms with E-state index in [0.717, 1.165) is 12.3 Å². The van der Waals surface area contributed by atoms with Crippen molar-refractivity contribution in [2.45, 2.75) is 24.6 Å². The predicted octanol–water partition coefficient (Wildman–Crippen LogP) is 4.54. The van der Waals surface area contributed by atoms with Crippen LogP contribution >= 0.6 is 11.6 Å². The highest BCUT2D eigenvalue weighted by Gasteiger charge is 2.59. The van der Waals surface area contributed by atoms with Crippen molar-refractivity contribution in [3.8, 4) is 5.75 Å². The van der Waals surface area contributed by atoms with Crippen molar-refractivity contribution in [2.24, 2.45) is 0 Å². The van der Waals surface area contributed by atoms with E-state index in [0.29, 0.717) is 0 Å². The lowest BCUT2D eigenvalue weighted by molar-refractivity contribution is -0.274. The SMILES string of the molecule is CC(c1ccc(O)cc1Cl)C(O)(c1cnnc2ccccc12)C(F)(F)F. The molecule has 0 aliphatic heterocycles. The molecule has 1 heterocycles. The second kappa shape index (κ2) is 6.41. The summed E-state index contributed by atoms with van der Waals surface area (Å²) in [5.41, 5.74) is -3.39. The molecule has 0 aliphatic rings. The van der Waals surface area contributed by atoms with Gasteiger partial charge in [-0.05, 0) is 23.8 Å². The van der Waals surface area contributed by atoms with Gasteiger partial charge < -0.3 is 10.2 Å². The summed E-state index contributed by atoms with van der Waals surface area (Å²) >= 11 is 6.02. The summed E-state index contributed by atoms with van der Waals surface area (Å²) in [6, 6.07) is 9.75. The molecule has 136 valence electrons. The monoisotopic (exact) mass is 382 g/mol. The Morgan fingerprint density at radius 2 is 1.81 bits per heavy atom. The maximum absolute atomic E-state index is 14.1. The highest BCUT2D eigenvalue weighted by molar-refractivity contribution is 6.31. The van der Waals surface area contributed by atoms with Gasteiger partial charge in [-0.25, -0.2) is 0 Å². The molecule has 0 radical (unpaired) electrons. The number of nitrogens with zero attached hydrogens (tertiary/aromatic N) is 2. The molecular formula is C18H14ClF3N2O2. The quantitative estimate of drug-likeness (QED) is 0.697. The van der Waals surface area contributed by atoms with Gasteiger partial charge in [-0.3, -0.25) is 0 Å². The van der Waals surface area contributed by atoms with Crippen molar-refractivity contribution in [1.82, 2.24) is 10.2 Å². The zero-order chi connectivity index (χ0) is 19.1. The van der Waals surface area contributed by atoms with Crippen LogP contribution in [-0.2, 0) is 5.60 Å². The summed E-state index contributed by atoms with van der Waals surface area (Å²) in [6.07, 6.45) is -4.10. The molecule has 2 aromatic carbocycles. The van der Waals surface area contributed by atoms with E-state index in [1.165, 1.54) is 31.2 Å². The maximum atomic E-state index is 14.1. The van der Waals surface area contributed by atoms with E-state index in [1.807, 2.05) is 0 Å². The number of hydrogen-bond acceptors (Lipinski definition) is 4. The Hall–Kier alpha value is -2.38. The molecule has 0 saturated heterocycles. The molecule has 2 unspecified atom stereocenters. The third-order valence-electron chi connectivity index (χ3n) is 4.47. The number of aromatic hydroxyl groups is 1. The normalized spacial score (nSPS) is 15.6. The Balaban J connectivity index is 2.28. The number of rotatable bonds is 3. The number of alkyl halides is 3. The van der Waals surface area contributed by atoms with Gasteiger partial charge in [0.15, 0.2) is 5.60 Å². The molecule has 1 aromatic heterocycles. The average Bonchev–Trinajstić information content (AvgIpc) is 2.59. The van der Waals surface area contributed by atoms with Gasteiger partial charge in [-0.2, -0.15) is 23.4 Å². The molecule has 26 heavy (non-hydrogen) atoms. The molecule has 2 N–H and O–H groups in total. The van der Waals surface area contributed by atoms with Crippen LogP contribution in [0.1, 0.15) is 24.0 Å². The zero-order valence-corrected chi connectivity index (χ0v) is 14.3. The van der Waals surface area contributed by atoms with Crippen LogP contribution < -0.4 is 0 Å². The van der Waals surface area contributed by atoms with Crippen LogP contribution in [0.3, 0.4) is 0 Å². The number of aromatic nitrogens is 2. The summed E-state index contributed by atoms with van der Waals surface area (Å²) in [6.45, 7) is 1.22. The van der Waals surface area contributed by atoms with Crippen molar-refractivity contribution in [1.29, 1.82) is 0 Å². The number of phenols is 1. The molecular weight excluding hydrogens is 369 g/mol. The molecule has 0 amide bonds. The van der Waals surface area contributed by atoms with Crippen LogP contribution in [0.4, 0.5) is 13.2 Å². The number of phenolic OH excluding ortho intramolecular Hbond substituents is 1. The van der Waals surface area contributed by atoms with Gasteiger partial charge in [0.05, 0.1) is 11.7 Å². The smallest absolute Gasteiger partial charge is 0.422 e. The second-order valence-electron chi connectivity index (χ2n) is 5.97. The molecule has 4 nitrogen and oxygen atoms in total. The largest absolute Gasteiger partial charge is 0.508 e. The Labute approximate surface area is 151 Å². The average molecular weight is 383 g/mol. The summed E-state index contributed by atoms with van der Waals surface area (Å²) in [5, 5.41) is 27.9. The third-order valence-corrected chi connectivity index (χ3v) is 4.79. The summed E-state index contributed by atoms with van der Waals surface area (Å²) in [4.78, 5) is 0. The van der Waals surface area contributed by atoms with Crippen LogP contribution in [0, 0.1) is 0 Å². The molecule has 0 bridgehead atoms. The van der Waals surface area contributed by atoms with E-state index >= 15 is 0 Å². The number of halogens is 4. The first-order valence-corrected chi connectivity index (χ1v) is 8.02. The molecule has 2 atom stereocenters. The molecule has 0 fully saturated rings. The van der Waals surface area contributed by atoms with E-state index in [1.54, 1.807) is 12.1 Å².